The maximum Gasteiger partial charge on any atom is 0.226 e. The second-order valence-corrected chi connectivity index (χ2v) is 8.20. The summed E-state index contributed by atoms with van der Waals surface area (Å²) in [5, 5.41) is 10.9. The van der Waals surface area contributed by atoms with Crippen LogP contribution in [0.15, 0.2) is 48.5 Å². The molecule has 3 rings (SSSR count). The van der Waals surface area contributed by atoms with Gasteiger partial charge in [-0.25, -0.2) is 4.68 Å². The normalized spacial score (nSPS) is 10.7. The number of unbranched alkanes of at least 4 members (excludes halogenated alkanes) is 1. The molecular weight excluding hydrogens is 446 g/mol. The fourth-order valence-electron chi connectivity index (χ4n) is 3.19. The van der Waals surface area contributed by atoms with Gasteiger partial charge in [0.05, 0.1) is 6.54 Å². The first-order chi connectivity index (χ1) is 15.4. The molecule has 2 N–H and O–H groups in total. The zero-order valence-corrected chi connectivity index (χ0v) is 19.7. The molecule has 0 fully saturated rings. The summed E-state index contributed by atoms with van der Waals surface area (Å²) in [5.41, 5.74) is 2.26. The number of nitrogens with one attached hydrogen (secondary N) is 2. The highest BCUT2D eigenvalue weighted by molar-refractivity contribution is 7.71. The summed E-state index contributed by atoms with van der Waals surface area (Å²) in [6.07, 6.45) is 2.25. The number of nitrogens with zero attached hydrogens (tertiary/aromatic N) is 3. The summed E-state index contributed by atoms with van der Waals surface area (Å²) in [4.78, 5) is 23.6. The predicted molar refractivity (Wildman–Crippen MR) is 130 cm³/mol. The summed E-state index contributed by atoms with van der Waals surface area (Å²) in [6, 6.07) is 14.5. The molecule has 168 valence electrons. The van der Waals surface area contributed by atoms with Crippen LogP contribution in [0.25, 0.3) is 11.4 Å². The van der Waals surface area contributed by atoms with Crippen LogP contribution in [-0.4, -0.2) is 26.2 Å². The van der Waals surface area contributed by atoms with Crippen molar-refractivity contribution in [1.82, 2.24) is 14.3 Å². The lowest BCUT2D eigenvalue weighted by atomic mass is 10.2. The second kappa shape index (κ2) is 11.1. The monoisotopic (exact) mass is 471 g/mol. The molecular formula is C23H26ClN5O2S. The molecule has 32 heavy (non-hydrogen) atoms. The minimum atomic E-state index is -0.144. The van der Waals surface area contributed by atoms with E-state index >= 15 is 0 Å². The van der Waals surface area contributed by atoms with Crippen molar-refractivity contribution in [2.45, 2.75) is 46.2 Å². The van der Waals surface area contributed by atoms with E-state index in [1.165, 1.54) is 6.92 Å². The Morgan fingerprint density at radius 2 is 1.62 bits per heavy atom. The lowest BCUT2D eigenvalue weighted by Crippen LogP contribution is -2.15. The minimum absolute atomic E-state index is 0.143. The van der Waals surface area contributed by atoms with Crippen molar-refractivity contribution >= 4 is 47.0 Å². The van der Waals surface area contributed by atoms with Gasteiger partial charge in [0, 0.05) is 41.9 Å². The summed E-state index contributed by atoms with van der Waals surface area (Å²) in [7, 11) is 0. The van der Waals surface area contributed by atoms with Gasteiger partial charge in [-0.1, -0.05) is 24.9 Å². The number of amides is 2. The number of benzene rings is 2. The van der Waals surface area contributed by atoms with Crippen molar-refractivity contribution in [1.29, 1.82) is 0 Å². The first-order valence-corrected chi connectivity index (χ1v) is 11.3. The van der Waals surface area contributed by atoms with Gasteiger partial charge in [0.15, 0.2) is 10.6 Å². The van der Waals surface area contributed by atoms with E-state index in [4.69, 9.17) is 28.9 Å². The van der Waals surface area contributed by atoms with Crippen LogP contribution in [-0.2, 0) is 22.7 Å². The smallest absolute Gasteiger partial charge is 0.226 e. The highest BCUT2D eigenvalue weighted by Gasteiger charge is 2.14. The Hall–Kier alpha value is -2.97. The molecule has 1 heterocycles. The Balaban J connectivity index is 1.70. The van der Waals surface area contributed by atoms with Crippen molar-refractivity contribution in [3.05, 3.63) is 58.3 Å². The number of aryl methyl sites for hydroxylation is 1. The lowest BCUT2D eigenvalue weighted by molar-refractivity contribution is -0.116. The van der Waals surface area contributed by atoms with E-state index in [-0.39, 0.29) is 18.2 Å². The van der Waals surface area contributed by atoms with E-state index in [0.717, 1.165) is 30.8 Å². The van der Waals surface area contributed by atoms with E-state index in [1.54, 1.807) is 28.9 Å². The standard InChI is InChI=1S/C23H26ClN5O2S/c1-3-4-14-28-22(17-5-7-18(24)8-6-17)27-29(23(28)32)15-13-21(31)26-20-11-9-19(10-12-20)25-16(2)30/h5-12H,3-4,13-15H2,1-2H3,(H,25,30)(H,26,31). The van der Waals surface area contributed by atoms with Crippen LogP contribution >= 0.6 is 23.8 Å². The fourth-order valence-corrected chi connectivity index (χ4v) is 3.62. The molecule has 0 radical (unpaired) electrons. The van der Waals surface area contributed by atoms with Crippen LogP contribution < -0.4 is 10.6 Å². The summed E-state index contributed by atoms with van der Waals surface area (Å²) < 4.78 is 4.31. The van der Waals surface area contributed by atoms with Gasteiger partial charge in [-0.15, -0.1) is 0 Å². The zero-order valence-electron chi connectivity index (χ0n) is 18.1. The third-order valence-electron chi connectivity index (χ3n) is 4.80. The molecule has 0 aliphatic rings. The van der Waals surface area contributed by atoms with Crippen LogP contribution in [0.4, 0.5) is 11.4 Å². The Morgan fingerprint density at radius 1 is 1.00 bits per heavy atom. The number of aromatic nitrogens is 3. The van der Waals surface area contributed by atoms with Gasteiger partial charge in [-0.3, -0.25) is 14.2 Å². The first kappa shape index (κ1) is 23.7. The maximum atomic E-state index is 12.5. The van der Waals surface area contributed by atoms with Gasteiger partial charge in [0.2, 0.25) is 11.8 Å². The Morgan fingerprint density at radius 3 is 2.22 bits per heavy atom. The van der Waals surface area contributed by atoms with Crippen molar-refractivity contribution in [2.24, 2.45) is 0 Å². The zero-order chi connectivity index (χ0) is 23.1. The summed E-state index contributed by atoms with van der Waals surface area (Å²) in [6.45, 7) is 4.71. The SMILES string of the molecule is CCCCn1c(-c2ccc(Cl)cc2)nn(CCC(=O)Nc2ccc(NC(C)=O)cc2)c1=S. The van der Waals surface area contributed by atoms with Gasteiger partial charge >= 0.3 is 0 Å². The maximum absolute atomic E-state index is 12.5. The molecule has 2 amide bonds. The van der Waals surface area contributed by atoms with Gasteiger partial charge in [-0.05, 0) is 67.2 Å². The van der Waals surface area contributed by atoms with Gasteiger partial charge in [0.1, 0.15) is 0 Å². The van der Waals surface area contributed by atoms with Crippen LogP contribution in [0, 0.1) is 4.77 Å². The van der Waals surface area contributed by atoms with Gasteiger partial charge in [0.25, 0.3) is 0 Å². The first-order valence-electron chi connectivity index (χ1n) is 10.5. The Labute approximate surface area is 197 Å². The largest absolute Gasteiger partial charge is 0.326 e. The predicted octanol–water partition coefficient (Wildman–Crippen LogP) is 5.52. The molecule has 0 saturated carbocycles. The number of anilines is 2. The Kier molecular flexibility index (Phi) is 8.19. The average molecular weight is 472 g/mol. The molecule has 0 unspecified atom stereocenters. The number of carbonyl (C=O) groups excluding carboxylic acids is 2. The van der Waals surface area contributed by atoms with Crippen molar-refractivity contribution in [3.63, 3.8) is 0 Å². The van der Waals surface area contributed by atoms with Gasteiger partial charge < -0.3 is 10.6 Å². The van der Waals surface area contributed by atoms with Gasteiger partial charge in [-0.2, -0.15) is 5.10 Å². The van der Waals surface area contributed by atoms with E-state index in [0.29, 0.717) is 27.7 Å². The molecule has 0 spiro atoms. The number of hydrogen-bond donors (Lipinski definition) is 2. The Bertz CT molecular complexity index is 1140. The second-order valence-electron chi connectivity index (χ2n) is 7.40. The molecule has 3 aromatic rings. The van der Waals surface area contributed by atoms with E-state index in [9.17, 15) is 9.59 Å². The highest BCUT2D eigenvalue weighted by Crippen LogP contribution is 2.22. The van der Waals surface area contributed by atoms with Crippen LogP contribution in [0.2, 0.25) is 5.02 Å². The molecule has 0 atom stereocenters. The molecule has 0 bridgehead atoms. The molecule has 1 aromatic heterocycles. The quantitative estimate of drug-likeness (QED) is 0.402. The summed E-state index contributed by atoms with van der Waals surface area (Å²) in [5.74, 6) is 0.485. The number of rotatable bonds is 9. The summed E-state index contributed by atoms with van der Waals surface area (Å²) >= 11 is 11.7. The molecule has 2 aromatic carbocycles. The van der Waals surface area contributed by atoms with Crippen LogP contribution in [0.1, 0.15) is 33.1 Å². The molecule has 0 aliphatic heterocycles. The number of halogens is 1. The molecule has 7 nitrogen and oxygen atoms in total. The van der Waals surface area contributed by atoms with Crippen LogP contribution in [0.3, 0.4) is 0 Å². The van der Waals surface area contributed by atoms with Crippen molar-refractivity contribution < 1.29 is 9.59 Å². The van der Waals surface area contributed by atoms with E-state index in [2.05, 4.69) is 17.6 Å². The van der Waals surface area contributed by atoms with Crippen molar-refractivity contribution in [2.75, 3.05) is 10.6 Å². The minimum Gasteiger partial charge on any atom is -0.326 e. The topological polar surface area (TPSA) is 81.0 Å². The van der Waals surface area contributed by atoms with E-state index in [1.807, 2.05) is 28.8 Å². The molecule has 9 heteroatoms. The molecule has 0 aliphatic carbocycles. The highest BCUT2D eigenvalue weighted by atomic mass is 35.5. The van der Waals surface area contributed by atoms with Crippen LogP contribution in [0.5, 0.6) is 0 Å². The molecule has 0 saturated heterocycles. The van der Waals surface area contributed by atoms with Crippen molar-refractivity contribution in [3.8, 4) is 11.4 Å². The fraction of sp³-hybridized carbons (Fsp3) is 0.304. The number of carbonyl (C=O) groups is 2. The third kappa shape index (κ3) is 6.27. The average Bonchev–Trinajstić information content (AvgIpc) is 3.07. The lowest BCUT2D eigenvalue weighted by Gasteiger charge is -2.07. The number of hydrogen-bond acceptors (Lipinski definition) is 4. The van der Waals surface area contributed by atoms with E-state index < -0.39 is 0 Å². The third-order valence-corrected chi connectivity index (χ3v) is 5.48.